The van der Waals surface area contributed by atoms with Crippen LogP contribution in [-0.4, -0.2) is 87.4 Å². The van der Waals surface area contributed by atoms with Gasteiger partial charge in [-0.25, -0.2) is 4.79 Å². The first-order chi connectivity index (χ1) is 37.1. The van der Waals surface area contributed by atoms with E-state index in [0.717, 1.165) is 109 Å². The molecule has 0 aliphatic rings. The van der Waals surface area contributed by atoms with Gasteiger partial charge in [0.25, 0.3) is 6.29 Å². The SMILES string of the molecule is CC/C=C\C/C=C\C/C=C\C/C=C\C/C=C\C/C=C\C/C=C\C/C=C\C/C=C\CCCCCCCC(=O)OC(COC(=O)CCCCCCCCCCCCCCCCCCCC)COC(OCC[N+](C)(C)C)C(=O)O. The van der Waals surface area contributed by atoms with Crippen LogP contribution in [0.2, 0.25) is 0 Å². The molecular weight excluding hydrogens is 947 g/mol. The fraction of sp³-hybridized carbons (Fsp3) is 0.687. The van der Waals surface area contributed by atoms with Crippen molar-refractivity contribution in [2.24, 2.45) is 0 Å². The smallest absolute Gasteiger partial charge is 0.361 e. The predicted octanol–water partition coefficient (Wildman–Crippen LogP) is 18.3. The summed E-state index contributed by atoms with van der Waals surface area (Å²) < 4.78 is 22.9. The second-order valence-corrected chi connectivity index (χ2v) is 21.3. The molecule has 0 aromatic heterocycles. The fourth-order valence-electron chi connectivity index (χ4n) is 8.12. The molecule has 9 heteroatoms. The summed E-state index contributed by atoms with van der Waals surface area (Å²) in [7, 11) is 5.96. The van der Waals surface area contributed by atoms with E-state index in [0.29, 0.717) is 23.9 Å². The highest BCUT2D eigenvalue weighted by atomic mass is 16.7. The van der Waals surface area contributed by atoms with Gasteiger partial charge in [0.15, 0.2) is 6.10 Å². The van der Waals surface area contributed by atoms with Gasteiger partial charge in [0.2, 0.25) is 0 Å². The number of likely N-dealkylation sites (N-methyl/N-ethyl adjacent to an activating group) is 1. The second kappa shape index (κ2) is 57.1. The van der Waals surface area contributed by atoms with E-state index >= 15 is 0 Å². The van der Waals surface area contributed by atoms with E-state index < -0.39 is 24.3 Å². The average molecular weight is 1060 g/mol. The summed E-state index contributed by atoms with van der Waals surface area (Å²) in [6.07, 6.45) is 76.0. The molecule has 0 aromatic rings. The van der Waals surface area contributed by atoms with Gasteiger partial charge in [-0.2, -0.15) is 0 Å². The van der Waals surface area contributed by atoms with Gasteiger partial charge in [-0.05, 0) is 83.5 Å². The zero-order chi connectivity index (χ0) is 55.5. The molecule has 0 amide bonds. The van der Waals surface area contributed by atoms with Gasteiger partial charge in [-0.1, -0.05) is 252 Å². The van der Waals surface area contributed by atoms with Gasteiger partial charge in [-0.15, -0.1) is 0 Å². The Bertz CT molecular complexity index is 1610. The standard InChI is InChI=1S/C67H113NO8/c1-6-8-10-12-14-16-18-20-22-24-26-27-28-29-30-31-32-33-34-35-36-37-38-39-40-42-44-46-48-50-52-54-56-58-65(70)76-63(62-75-67(66(71)72)73-60-59-68(3,4)5)61-74-64(69)57-55-53-51-49-47-45-43-41-25-23-21-19-17-15-13-11-9-7-2/h8,10,14,16,20,22,26-27,29-30,32-33,35-36,38-39,42,44,63,67H,6-7,9,11-13,15,17-19,21,23-25,28,31,34,37,40-41,43,45-62H2,1-5H3/p+1/b10-8-,16-14-,22-20-,27-26-,30-29-,33-32-,36-35-,39-38-,44-42-. The molecule has 0 radical (unpaired) electrons. The molecular formula is C67H114NO8+. The minimum absolute atomic E-state index is 0.179. The van der Waals surface area contributed by atoms with Crippen molar-refractivity contribution in [1.82, 2.24) is 0 Å². The van der Waals surface area contributed by atoms with Crippen LogP contribution in [0.4, 0.5) is 0 Å². The van der Waals surface area contributed by atoms with Crippen molar-refractivity contribution >= 4 is 17.9 Å². The molecule has 0 aliphatic carbocycles. The van der Waals surface area contributed by atoms with Gasteiger partial charge in [0.05, 0.1) is 34.4 Å². The van der Waals surface area contributed by atoms with Crippen LogP contribution in [0.1, 0.15) is 239 Å². The Labute approximate surface area is 466 Å². The molecule has 0 saturated carbocycles. The lowest BCUT2D eigenvalue weighted by molar-refractivity contribution is -0.870. The van der Waals surface area contributed by atoms with Gasteiger partial charge in [0.1, 0.15) is 13.2 Å². The summed E-state index contributed by atoms with van der Waals surface area (Å²) in [5.74, 6) is -2.03. The van der Waals surface area contributed by atoms with Gasteiger partial charge in [0, 0.05) is 12.8 Å². The van der Waals surface area contributed by atoms with Crippen LogP contribution >= 0.6 is 0 Å². The number of carboxylic acids is 1. The molecule has 2 atom stereocenters. The number of nitrogens with zero attached hydrogens (tertiary/aromatic N) is 1. The van der Waals surface area contributed by atoms with Crippen LogP contribution in [0.3, 0.4) is 0 Å². The molecule has 76 heavy (non-hydrogen) atoms. The van der Waals surface area contributed by atoms with Crippen LogP contribution in [0.25, 0.3) is 0 Å². The summed E-state index contributed by atoms with van der Waals surface area (Å²) in [5, 5.41) is 9.71. The lowest BCUT2D eigenvalue weighted by Crippen LogP contribution is -2.40. The number of unbranched alkanes of at least 4 members (excludes halogenated alkanes) is 22. The molecule has 0 spiro atoms. The maximum Gasteiger partial charge on any atom is 0.361 e. The third kappa shape index (κ3) is 57.7. The number of ether oxygens (including phenoxy) is 4. The summed E-state index contributed by atoms with van der Waals surface area (Å²) in [4.78, 5) is 37.5. The van der Waals surface area contributed by atoms with Crippen LogP contribution in [0, 0.1) is 0 Å². The lowest BCUT2D eigenvalue weighted by Gasteiger charge is -2.25. The fourth-order valence-corrected chi connectivity index (χ4v) is 8.12. The van der Waals surface area contributed by atoms with Crippen molar-refractivity contribution in [3.63, 3.8) is 0 Å². The summed E-state index contributed by atoms with van der Waals surface area (Å²) in [6, 6.07) is 0. The molecule has 0 aromatic carbocycles. The van der Waals surface area contributed by atoms with Crippen LogP contribution in [-0.2, 0) is 33.3 Å². The summed E-state index contributed by atoms with van der Waals surface area (Å²) in [6.45, 7) is 4.75. The number of hydrogen-bond acceptors (Lipinski definition) is 7. The van der Waals surface area contributed by atoms with Crippen molar-refractivity contribution < 1.29 is 42.9 Å². The van der Waals surface area contributed by atoms with Crippen molar-refractivity contribution in [2.45, 2.75) is 251 Å². The zero-order valence-corrected chi connectivity index (χ0v) is 49.4. The topological polar surface area (TPSA) is 108 Å². The second-order valence-electron chi connectivity index (χ2n) is 21.3. The third-order valence-electron chi connectivity index (χ3n) is 12.8. The first-order valence-corrected chi connectivity index (χ1v) is 30.6. The number of carbonyl (C=O) groups is 3. The van der Waals surface area contributed by atoms with E-state index in [1.807, 2.05) is 21.1 Å². The number of quaternary nitrogens is 1. The number of allylic oxidation sites excluding steroid dienone is 18. The average Bonchev–Trinajstić information content (AvgIpc) is 3.39. The van der Waals surface area contributed by atoms with Crippen molar-refractivity contribution in [1.29, 1.82) is 0 Å². The van der Waals surface area contributed by atoms with E-state index in [2.05, 4.69) is 123 Å². The van der Waals surface area contributed by atoms with E-state index in [1.54, 1.807) is 0 Å². The number of carbonyl (C=O) groups excluding carboxylic acids is 2. The Hall–Kier alpha value is -4.05. The molecule has 1 N–H and O–H groups in total. The number of rotatable bonds is 55. The van der Waals surface area contributed by atoms with Crippen molar-refractivity contribution in [2.75, 3.05) is 47.5 Å². The van der Waals surface area contributed by atoms with E-state index in [4.69, 9.17) is 18.9 Å². The maximum atomic E-state index is 12.9. The van der Waals surface area contributed by atoms with Gasteiger partial charge >= 0.3 is 17.9 Å². The lowest BCUT2D eigenvalue weighted by atomic mass is 10.0. The molecule has 0 saturated heterocycles. The Morgan fingerprint density at radius 3 is 1.12 bits per heavy atom. The van der Waals surface area contributed by atoms with E-state index in [9.17, 15) is 19.5 Å². The molecule has 434 valence electrons. The van der Waals surface area contributed by atoms with Crippen LogP contribution < -0.4 is 0 Å². The molecule has 0 aliphatic heterocycles. The van der Waals surface area contributed by atoms with Gasteiger partial charge < -0.3 is 28.5 Å². The Balaban J connectivity index is 4.28. The molecule has 0 bridgehead atoms. The highest BCUT2D eigenvalue weighted by Gasteiger charge is 2.25. The normalized spacial score (nSPS) is 13.5. The van der Waals surface area contributed by atoms with E-state index in [1.165, 1.54) is 96.3 Å². The van der Waals surface area contributed by atoms with E-state index in [-0.39, 0.29) is 32.2 Å². The molecule has 2 unspecified atom stereocenters. The quantitative estimate of drug-likeness (QED) is 0.0211. The molecule has 0 rings (SSSR count). The van der Waals surface area contributed by atoms with Gasteiger partial charge in [-0.3, -0.25) is 9.59 Å². The monoisotopic (exact) mass is 1060 g/mol. The third-order valence-corrected chi connectivity index (χ3v) is 12.8. The van der Waals surface area contributed by atoms with Crippen molar-refractivity contribution in [3.05, 3.63) is 109 Å². The number of esters is 2. The maximum absolute atomic E-state index is 12.9. The van der Waals surface area contributed by atoms with Crippen LogP contribution in [0.15, 0.2) is 109 Å². The highest BCUT2D eigenvalue weighted by molar-refractivity contribution is 5.71. The van der Waals surface area contributed by atoms with Crippen molar-refractivity contribution in [3.8, 4) is 0 Å². The Morgan fingerprint density at radius 2 is 0.750 bits per heavy atom. The predicted molar refractivity (Wildman–Crippen MR) is 322 cm³/mol. The molecule has 0 heterocycles. The number of carboxylic acid groups (broad SMARTS) is 1. The Morgan fingerprint density at radius 1 is 0.408 bits per heavy atom. The number of aliphatic carboxylic acids is 1. The zero-order valence-electron chi connectivity index (χ0n) is 49.4. The highest BCUT2D eigenvalue weighted by Crippen LogP contribution is 2.16. The molecule has 0 fully saturated rings. The Kier molecular flexibility index (Phi) is 54.1. The summed E-state index contributed by atoms with van der Waals surface area (Å²) in [5.41, 5.74) is 0. The molecule has 9 nitrogen and oxygen atoms in total. The largest absolute Gasteiger partial charge is 0.477 e. The summed E-state index contributed by atoms with van der Waals surface area (Å²) >= 11 is 0. The first kappa shape index (κ1) is 72.0. The number of hydrogen-bond donors (Lipinski definition) is 1. The minimum atomic E-state index is -1.52. The van der Waals surface area contributed by atoms with Crippen LogP contribution in [0.5, 0.6) is 0 Å². The first-order valence-electron chi connectivity index (χ1n) is 30.6. The minimum Gasteiger partial charge on any atom is -0.477 e.